The second-order valence-corrected chi connectivity index (χ2v) is 4.29. The van der Waals surface area contributed by atoms with Gasteiger partial charge in [-0.25, -0.2) is 0 Å². The minimum absolute atomic E-state index is 0.380. The molecule has 0 N–H and O–H groups in total. The van der Waals surface area contributed by atoms with Gasteiger partial charge in [-0.1, -0.05) is 15.9 Å². The molecular weight excluding hydrogens is 315 g/mol. The van der Waals surface area contributed by atoms with Gasteiger partial charge in [0.05, 0.1) is 13.2 Å². The average molecular weight is 328 g/mol. The van der Waals surface area contributed by atoms with Crippen LogP contribution in [-0.4, -0.2) is 42.3 Å². The number of aromatic nitrogens is 2. The molecule has 0 aliphatic carbocycles. The predicted molar refractivity (Wildman–Crippen MR) is 64.9 cm³/mol. The number of ether oxygens (including phenoxy) is 1. The van der Waals surface area contributed by atoms with E-state index in [-0.39, 0.29) is 0 Å². The van der Waals surface area contributed by atoms with Crippen LogP contribution in [0.2, 0.25) is 0 Å². The smallest absolute Gasteiger partial charge is 0.379 e. The van der Waals surface area contributed by atoms with E-state index in [1.165, 1.54) is 6.07 Å². The van der Waals surface area contributed by atoms with Gasteiger partial charge in [-0.3, -0.25) is 0 Å². The molecule has 0 bridgehead atoms. The fourth-order valence-corrected chi connectivity index (χ4v) is 1.38. The molecule has 0 radical (unpaired) electrons. The number of likely N-dealkylation sites (N-methyl/N-ethyl adjacent to an activating group) is 1. The zero-order valence-corrected chi connectivity index (χ0v) is 11.3. The van der Waals surface area contributed by atoms with Crippen molar-refractivity contribution in [2.75, 3.05) is 37.0 Å². The maximum atomic E-state index is 12.3. The van der Waals surface area contributed by atoms with Gasteiger partial charge in [-0.05, 0) is 12.1 Å². The summed E-state index contributed by atoms with van der Waals surface area (Å²) in [6.07, 6.45) is -4.46. The van der Waals surface area contributed by atoms with Gasteiger partial charge in [0.15, 0.2) is 11.5 Å². The number of nitrogens with zero attached hydrogens (tertiary/aromatic N) is 3. The van der Waals surface area contributed by atoms with Crippen LogP contribution in [0.5, 0.6) is 0 Å². The molecule has 0 amide bonds. The molecule has 0 aromatic carbocycles. The van der Waals surface area contributed by atoms with Crippen LogP contribution in [0, 0.1) is 0 Å². The predicted octanol–water partition coefficient (Wildman–Crippen LogP) is 2.34. The standard InChI is InChI=1S/C10H13BrF3N3O/c1-17(5-7-18-6-4-11)9-3-2-8(15-16-9)10(12,13)14/h2-3H,4-7H2,1H3. The van der Waals surface area contributed by atoms with Crippen molar-refractivity contribution in [1.82, 2.24) is 10.2 Å². The number of hydrogen-bond donors (Lipinski definition) is 0. The first-order chi connectivity index (χ1) is 8.45. The molecular formula is C10H13BrF3N3O. The lowest BCUT2D eigenvalue weighted by Gasteiger charge is -2.17. The molecule has 0 aliphatic heterocycles. The van der Waals surface area contributed by atoms with Gasteiger partial charge in [0, 0.05) is 18.9 Å². The molecule has 18 heavy (non-hydrogen) atoms. The summed E-state index contributed by atoms with van der Waals surface area (Å²) in [5, 5.41) is 7.43. The molecule has 0 spiro atoms. The fourth-order valence-electron chi connectivity index (χ4n) is 1.15. The summed E-state index contributed by atoms with van der Waals surface area (Å²) in [6.45, 7) is 1.60. The fraction of sp³-hybridized carbons (Fsp3) is 0.600. The van der Waals surface area contributed by atoms with Crippen LogP contribution in [0.15, 0.2) is 12.1 Å². The minimum atomic E-state index is -4.46. The van der Waals surface area contributed by atoms with Gasteiger partial charge in [0.2, 0.25) is 0 Å². The lowest BCUT2D eigenvalue weighted by atomic mass is 10.3. The van der Waals surface area contributed by atoms with Crippen molar-refractivity contribution < 1.29 is 17.9 Å². The van der Waals surface area contributed by atoms with Gasteiger partial charge in [0.25, 0.3) is 0 Å². The average Bonchev–Trinajstić information content (AvgIpc) is 2.33. The highest BCUT2D eigenvalue weighted by Gasteiger charge is 2.32. The Balaban J connectivity index is 2.51. The summed E-state index contributed by atoms with van der Waals surface area (Å²) < 4.78 is 42.0. The highest BCUT2D eigenvalue weighted by Crippen LogP contribution is 2.27. The quantitative estimate of drug-likeness (QED) is 0.594. The molecule has 0 atom stereocenters. The molecule has 1 rings (SSSR count). The first-order valence-corrected chi connectivity index (χ1v) is 6.33. The summed E-state index contributed by atoms with van der Waals surface area (Å²) in [6, 6.07) is 2.21. The number of hydrogen-bond acceptors (Lipinski definition) is 4. The van der Waals surface area contributed by atoms with Crippen molar-refractivity contribution in [3.8, 4) is 0 Å². The molecule has 4 nitrogen and oxygen atoms in total. The molecule has 1 aromatic heterocycles. The largest absolute Gasteiger partial charge is 0.435 e. The zero-order chi connectivity index (χ0) is 13.6. The van der Waals surface area contributed by atoms with E-state index < -0.39 is 11.9 Å². The van der Waals surface area contributed by atoms with E-state index in [9.17, 15) is 13.2 Å². The molecule has 0 fully saturated rings. The van der Waals surface area contributed by atoms with Crippen molar-refractivity contribution >= 4 is 21.7 Å². The monoisotopic (exact) mass is 327 g/mol. The van der Waals surface area contributed by atoms with Crippen molar-refractivity contribution in [3.63, 3.8) is 0 Å². The first-order valence-electron chi connectivity index (χ1n) is 5.21. The number of anilines is 1. The lowest BCUT2D eigenvalue weighted by molar-refractivity contribution is -0.141. The van der Waals surface area contributed by atoms with E-state index >= 15 is 0 Å². The Labute approximate surface area is 111 Å². The third kappa shape index (κ3) is 4.77. The van der Waals surface area contributed by atoms with Crippen molar-refractivity contribution in [3.05, 3.63) is 17.8 Å². The Morgan fingerprint density at radius 3 is 2.50 bits per heavy atom. The van der Waals surface area contributed by atoms with Gasteiger partial charge in [-0.2, -0.15) is 13.2 Å². The lowest BCUT2D eigenvalue weighted by Crippen LogP contribution is -2.24. The van der Waals surface area contributed by atoms with Crippen molar-refractivity contribution in [2.24, 2.45) is 0 Å². The summed E-state index contributed by atoms with van der Waals surface area (Å²) in [4.78, 5) is 1.68. The number of rotatable bonds is 6. The zero-order valence-electron chi connectivity index (χ0n) is 9.74. The minimum Gasteiger partial charge on any atom is -0.379 e. The van der Waals surface area contributed by atoms with Gasteiger partial charge in [0.1, 0.15) is 0 Å². The first kappa shape index (κ1) is 15.2. The third-order valence-corrected chi connectivity index (χ3v) is 2.45. The topological polar surface area (TPSA) is 38.2 Å². The Kier molecular flexibility index (Phi) is 5.80. The van der Waals surface area contributed by atoms with Gasteiger partial charge < -0.3 is 9.64 Å². The summed E-state index contributed by atoms with van der Waals surface area (Å²) in [7, 11) is 1.72. The SMILES string of the molecule is CN(CCOCCBr)c1ccc(C(F)(F)F)nn1. The number of alkyl halides is 4. The maximum Gasteiger partial charge on any atom is 0.435 e. The molecule has 0 aliphatic rings. The van der Waals surface area contributed by atoms with E-state index in [1.807, 2.05) is 0 Å². The Hall–Kier alpha value is -0.890. The van der Waals surface area contributed by atoms with Crippen LogP contribution in [0.4, 0.5) is 19.0 Å². The summed E-state index contributed by atoms with van der Waals surface area (Å²) >= 11 is 3.22. The van der Waals surface area contributed by atoms with E-state index in [0.29, 0.717) is 25.6 Å². The molecule has 0 saturated carbocycles. The van der Waals surface area contributed by atoms with Crippen molar-refractivity contribution in [1.29, 1.82) is 0 Å². The van der Waals surface area contributed by atoms with E-state index in [2.05, 4.69) is 26.1 Å². The Morgan fingerprint density at radius 2 is 2.00 bits per heavy atom. The van der Waals surface area contributed by atoms with E-state index in [0.717, 1.165) is 11.4 Å². The molecule has 1 aromatic rings. The normalized spacial score (nSPS) is 11.6. The molecule has 1 heterocycles. The van der Waals surface area contributed by atoms with Crippen LogP contribution in [-0.2, 0) is 10.9 Å². The second-order valence-electron chi connectivity index (χ2n) is 3.50. The van der Waals surface area contributed by atoms with Crippen LogP contribution >= 0.6 is 15.9 Å². The third-order valence-electron chi connectivity index (χ3n) is 2.12. The van der Waals surface area contributed by atoms with Crippen LogP contribution in [0.1, 0.15) is 5.69 Å². The highest BCUT2D eigenvalue weighted by molar-refractivity contribution is 9.09. The molecule has 0 unspecified atom stereocenters. The second kappa shape index (κ2) is 6.89. The maximum absolute atomic E-state index is 12.3. The number of halogens is 4. The van der Waals surface area contributed by atoms with E-state index in [1.54, 1.807) is 11.9 Å². The molecule has 102 valence electrons. The van der Waals surface area contributed by atoms with Crippen LogP contribution in [0.25, 0.3) is 0 Å². The van der Waals surface area contributed by atoms with Crippen LogP contribution < -0.4 is 4.90 Å². The van der Waals surface area contributed by atoms with Gasteiger partial charge in [-0.15, -0.1) is 10.2 Å². The van der Waals surface area contributed by atoms with Crippen LogP contribution in [0.3, 0.4) is 0 Å². The van der Waals surface area contributed by atoms with E-state index in [4.69, 9.17) is 4.74 Å². The summed E-state index contributed by atoms with van der Waals surface area (Å²) in [5.74, 6) is 0.380. The Morgan fingerprint density at radius 1 is 1.28 bits per heavy atom. The molecule has 8 heteroatoms. The highest BCUT2D eigenvalue weighted by atomic mass is 79.9. The molecule has 0 saturated heterocycles. The van der Waals surface area contributed by atoms with Gasteiger partial charge >= 0.3 is 6.18 Å². The van der Waals surface area contributed by atoms with Crippen molar-refractivity contribution in [2.45, 2.75) is 6.18 Å². The summed E-state index contributed by atoms with van der Waals surface area (Å²) in [5.41, 5.74) is -0.991. The Bertz CT molecular complexity index is 358.